The summed E-state index contributed by atoms with van der Waals surface area (Å²) in [5.74, 6) is -0.163. The van der Waals surface area contributed by atoms with E-state index in [0.29, 0.717) is 43.1 Å². The van der Waals surface area contributed by atoms with Gasteiger partial charge in [0.25, 0.3) is 5.91 Å². The number of hydrogen-bond acceptors (Lipinski definition) is 6. The summed E-state index contributed by atoms with van der Waals surface area (Å²) in [4.78, 5) is 27.0. The van der Waals surface area contributed by atoms with Crippen LogP contribution in [-0.4, -0.2) is 56.4 Å². The number of ether oxygens (including phenoxy) is 1. The summed E-state index contributed by atoms with van der Waals surface area (Å²) in [6.07, 6.45) is 0. The van der Waals surface area contributed by atoms with Gasteiger partial charge in [-0.25, -0.2) is 13.2 Å². The lowest BCUT2D eigenvalue weighted by Crippen LogP contribution is -2.39. The molecular formula is C28H30N2O5S. The zero-order valence-electron chi connectivity index (χ0n) is 20.5. The number of anilines is 1. The maximum atomic E-state index is 12.8. The largest absolute Gasteiger partial charge is 0.462 e. The molecule has 0 unspecified atom stereocenters. The number of benzene rings is 3. The highest BCUT2D eigenvalue weighted by atomic mass is 32.2. The van der Waals surface area contributed by atoms with Crippen molar-refractivity contribution in [2.24, 2.45) is 0 Å². The molecule has 0 saturated carbocycles. The zero-order valence-corrected chi connectivity index (χ0v) is 21.3. The Morgan fingerprint density at radius 3 is 2.19 bits per heavy atom. The van der Waals surface area contributed by atoms with Crippen molar-refractivity contribution >= 4 is 27.4 Å². The lowest BCUT2D eigenvalue weighted by Gasteiger charge is -2.26. The molecule has 1 N–H and O–H groups in total. The van der Waals surface area contributed by atoms with Gasteiger partial charge in [-0.3, -0.25) is 9.69 Å². The van der Waals surface area contributed by atoms with E-state index < -0.39 is 9.84 Å². The predicted molar refractivity (Wildman–Crippen MR) is 141 cm³/mol. The monoisotopic (exact) mass is 506 g/mol. The number of amides is 1. The second-order valence-corrected chi connectivity index (χ2v) is 11.2. The van der Waals surface area contributed by atoms with Crippen LogP contribution in [0.3, 0.4) is 0 Å². The van der Waals surface area contributed by atoms with Crippen LogP contribution < -0.4 is 5.32 Å². The van der Waals surface area contributed by atoms with E-state index in [4.69, 9.17) is 4.74 Å². The van der Waals surface area contributed by atoms with Crippen LogP contribution in [0.25, 0.3) is 11.1 Å². The molecule has 1 heterocycles. The first-order valence-electron chi connectivity index (χ1n) is 12.0. The van der Waals surface area contributed by atoms with Crippen molar-refractivity contribution in [2.45, 2.75) is 20.4 Å². The Bertz CT molecular complexity index is 1340. The van der Waals surface area contributed by atoms with Crippen LogP contribution in [0.1, 0.15) is 38.8 Å². The van der Waals surface area contributed by atoms with Crippen molar-refractivity contribution in [3.8, 4) is 11.1 Å². The van der Waals surface area contributed by atoms with Gasteiger partial charge in [0.1, 0.15) is 0 Å². The highest BCUT2D eigenvalue weighted by molar-refractivity contribution is 7.91. The molecule has 1 aliphatic heterocycles. The molecule has 1 saturated heterocycles. The fraction of sp³-hybridized carbons (Fsp3) is 0.286. The molecule has 1 aliphatic rings. The molecule has 0 radical (unpaired) electrons. The first kappa shape index (κ1) is 25.6. The third kappa shape index (κ3) is 6.38. The number of hydrogen-bond donors (Lipinski definition) is 1. The highest BCUT2D eigenvalue weighted by Crippen LogP contribution is 2.26. The minimum absolute atomic E-state index is 0.205. The molecule has 188 valence electrons. The van der Waals surface area contributed by atoms with Crippen LogP contribution in [-0.2, 0) is 21.1 Å². The van der Waals surface area contributed by atoms with Gasteiger partial charge in [-0.05, 0) is 72.5 Å². The molecule has 0 aliphatic carbocycles. The van der Waals surface area contributed by atoms with Gasteiger partial charge in [0, 0.05) is 30.9 Å². The van der Waals surface area contributed by atoms with Crippen molar-refractivity contribution in [1.82, 2.24) is 4.90 Å². The average Bonchev–Trinajstić information content (AvgIpc) is 2.87. The molecule has 3 aromatic carbocycles. The lowest BCUT2D eigenvalue weighted by molar-refractivity contribution is 0.0526. The Kier molecular flexibility index (Phi) is 7.86. The van der Waals surface area contributed by atoms with E-state index in [-0.39, 0.29) is 23.4 Å². The summed E-state index contributed by atoms with van der Waals surface area (Å²) >= 11 is 0. The third-order valence-corrected chi connectivity index (χ3v) is 7.87. The van der Waals surface area contributed by atoms with E-state index in [1.54, 1.807) is 25.1 Å². The van der Waals surface area contributed by atoms with Crippen LogP contribution in [0.2, 0.25) is 0 Å². The summed E-state index contributed by atoms with van der Waals surface area (Å²) in [5, 5.41) is 2.92. The maximum absolute atomic E-state index is 12.8. The first-order valence-corrected chi connectivity index (χ1v) is 13.8. The molecule has 8 heteroatoms. The second kappa shape index (κ2) is 11.1. The Balaban J connectivity index is 1.38. The normalized spacial score (nSPS) is 15.3. The van der Waals surface area contributed by atoms with Gasteiger partial charge in [0.15, 0.2) is 9.84 Å². The smallest absolute Gasteiger partial charge is 0.338 e. The van der Waals surface area contributed by atoms with Gasteiger partial charge in [-0.15, -0.1) is 0 Å². The maximum Gasteiger partial charge on any atom is 0.338 e. The molecule has 4 rings (SSSR count). The standard InChI is InChI=1S/C28H30N2O5S/c1-3-35-28(32)24-7-4-20(2)26(18-24)22-8-10-23(11-9-22)27(31)29-25-12-5-21(6-13-25)19-30-14-16-36(33,34)17-15-30/h4-13,18H,3,14-17,19H2,1-2H3,(H,29,31). The van der Waals surface area contributed by atoms with E-state index in [2.05, 4.69) is 10.2 Å². The van der Waals surface area contributed by atoms with Crippen LogP contribution in [0.5, 0.6) is 0 Å². The van der Waals surface area contributed by atoms with Gasteiger partial charge >= 0.3 is 5.97 Å². The van der Waals surface area contributed by atoms with Crippen molar-refractivity contribution in [3.05, 3.63) is 89.0 Å². The number of rotatable bonds is 7. The molecule has 1 amide bonds. The lowest BCUT2D eigenvalue weighted by atomic mass is 9.97. The molecule has 0 aromatic heterocycles. The molecule has 0 spiro atoms. The summed E-state index contributed by atoms with van der Waals surface area (Å²) in [7, 11) is -2.89. The summed E-state index contributed by atoms with van der Waals surface area (Å²) in [6.45, 7) is 5.84. The van der Waals surface area contributed by atoms with Crippen molar-refractivity contribution in [2.75, 3.05) is 36.5 Å². The summed E-state index contributed by atoms with van der Waals surface area (Å²) in [6, 6.07) is 20.3. The van der Waals surface area contributed by atoms with Gasteiger partial charge < -0.3 is 10.1 Å². The van der Waals surface area contributed by atoms with E-state index in [0.717, 1.165) is 22.3 Å². The van der Waals surface area contributed by atoms with Crippen LogP contribution >= 0.6 is 0 Å². The van der Waals surface area contributed by atoms with Crippen LogP contribution in [0.15, 0.2) is 66.7 Å². The Labute approximate surface area is 212 Å². The second-order valence-electron chi connectivity index (χ2n) is 8.91. The molecule has 1 fully saturated rings. The Hall–Kier alpha value is -3.49. The number of esters is 1. The predicted octanol–water partition coefficient (Wildman–Crippen LogP) is 4.32. The minimum Gasteiger partial charge on any atom is -0.462 e. The van der Waals surface area contributed by atoms with E-state index in [1.807, 2.05) is 55.5 Å². The van der Waals surface area contributed by atoms with Crippen molar-refractivity contribution in [3.63, 3.8) is 0 Å². The molecular weight excluding hydrogens is 476 g/mol. The van der Waals surface area contributed by atoms with Crippen molar-refractivity contribution < 1.29 is 22.7 Å². The highest BCUT2D eigenvalue weighted by Gasteiger charge is 2.21. The number of nitrogens with zero attached hydrogens (tertiary/aromatic N) is 1. The first-order chi connectivity index (χ1) is 17.2. The average molecular weight is 507 g/mol. The number of sulfone groups is 1. The Morgan fingerprint density at radius 2 is 1.56 bits per heavy atom. The fourth-order valence-corrected chi connectivity index (χ4v) is 5.42. The Morgan fingerprint density at radius 1 is 0.917 bits per heavy atom. The molecule has 3 aromatic rings. The quantitative estimate of drug-likeness (QED) is 0.480. The van der Waals surface area contributed by atoms with Gasteiger partial charge in [-0.1, -0.05) is 30.3 Å². The van der Waals surface area contributed by atoms with E-state index >= 15 is 0 Å². The number of carbonyl (C=O) groups is 2. The fourth-order valence-electron chi connectivity index (χ4n) is 4.14. The van der Waals surface area contributed by atoms with Gasteiger partial charge in [-0.2, -0.15) is 0 Å². The number of nitrogens with one attached hydrogen (secondary N) is 1. The molecule has 0 bridgehead atoms. The van der Waals surface area contributed by atoms with E-state index in [1.165, 1.54) is 0 Å². The molecule has 7 nitrogen and oxygen atoms in total. The number of carbonyl (C=O) groups excluding carboxylic acids is 2. The zero-order chi connectivity index (χ0) is 25.7. The van der Waals surface area contributed by atoms with Gasteiger partial charge in [0.05, 0.1) is 23.7 Å². The van der Waals surface area contributed by atoms with Gasteiger partial charge in [0.2, 0.25) is 0 Å². The third-order valence-electron chi connectivity index (χ3n) is 6.26. The summed E-state index contributed by atoms with van der Waals surface area (Å²) in [5.41, 5.74) is 5.61. The topological polar surface area (TPSA) is 92.8 Å². The molecule has 0 atom stereocenters. The van der Waals surface area contributed by atoms with Crippen LogP contribution in [0.4, 0.5) is 5.69 Å². The van der Waals surface area contributed by atoms with Crippen molar-refractivity contribution in [1.29, 1.82) is 0 Å². The SMILES string of the molecule is CCOC(=O)c1ccc(C)c(-c2ccc(C(=O)Nc3ccc(CN4CCS(=O)(=O)CC4)cc3)cc2)c1. The van der Waals surface area contributed by atoms with E-state index in [9.17, 15) is 18.0 Å². The molecule has 36 heavy (non-hydrogen) atoms. The number of aryl methyl sites for hydroxylation is 1. The van der Waals surface area contributed by atoms with Crippen LogP contribution in [0, 0.1) is 6.92 Å². The minimum atomic E-state index is -2.89. The summed E-state index contributed by atoms with van der Waals surface area (Å²) < 4.78 is 28.3.